The third kappa shape index (κ3) is 5.48. The van der Waals surface area contributed by atoms with Gasteiger partial charge in [0.1, 0.15) is 0 Å². The molecule has 0 heterocycles. The Hall–Kier alpha value is -1.66. The summed E-state index contributed by atoms with van der Waals surface area (Å²) in [6, 6.07) is 3.76. The molecule has 0 bridgehead atoms. The Morgan fingerprint density at radius 1 is 1.17 bits per heavy atom. The van der Waals surface area contributed by atoms with Crippen molar-refractivity contribution in [1.82, 2.24) is 4.90 Å². The Morgan fingerprint density at radius 2 is 1.70 bits per heavy atom. The van der Waals surface area contributed by atoms with Crippen LogP contribution in [0.1, 0.15) is 18.9 Å². The number of hydrogen-bond donors (Lipinski definition) is 1. The summed E-state index contributed by atoms with van der Waals surface area (Å²) in [7, 11) is 6.48. The summed E-state index contributed by atoms with van der Waals surface area (Å²) in [6.07, 6.45) is 0.997. The highest BCUT2D eigenvalue weighted by Crippen LogP contribution is 2.38. The van der Waals surface area contributed by atoms with E-state index in [1.165, 1.54) is 0 Å². The second-order valence-corrected chi connectivity index (χ2v) is 5.12. The number of carbonyl (C=O) groups is 1. The van der Waals surface area contributed by atoms with Crippen LogP contribution in [0.5, 0.6) is 17.2 Å². The maximum Gasteiger partial charge on any atom is 0.222 e. The van der Waals surface area contributed by atoms with Gasteiger partial charge < -0.3 is 24.8 Å². The van der Waals surface area contributed by atoms with Gasteiger partial charge in [-0.2, -0.15) is 0 Å². The van der Waals surface area contributed by atoms with Crippen molar-refractivity contribution in [2.75, 3.05) is 34.9 Å². The van der Waals surface area contributed by atoms with Crippen molar-refractivity contribution < 1.29 is 19.0 Å². The third-order valence-electron chi connectivity index (χ3n) is 3.75. The molecule has 6 nitrogen and oxygen atoms in total. The first-order valence-corrected chi connectivity index (χ1v) is 7.23. The highest BCUT2D eigenvalue weighted by Gasteiger charge is 2.16. The molecular formula is C16H27ClN2O4. The molecule has 1 aromatic rings. The maximum atomic E-state index is 12.1. The first-order valence-electron chi connectivity index (χ1n) is 7.23. The fraction of sp³-hybridized carbons (Fsp3) is 0.562. The average Bonchev–Trinajstić information content (AvgIpc) is 2.56. The molecule has 1 unspecified atom stereocenters. The number of rotatable bonds is 8. The Labute approximate surface area is 144 Å². The van der Waals surface area contributed by atoms with E-state index in [9.17, 15) is 4.79 Å². The number of likely N-dealkylation sites (N-methyl/N-ethyl adjacent to an activating group) is 1. The van der Waals surface area contributed by atoms with Crippen molar-refractivity contribution >= 4 is 18.3 Å². The van der Waals surface area contributed by atoms with Gasteiger partial charge in [-0.3, -0.25) is 4.79 Å². The Kier molecular flexibility index (Phi) is 9.44. The van der Waals surface area contributed by atoms with Gasteiger partial charge in [0.05, 0.1) is 21.3 Å². The van der Waals surface area contributed by atoms with Crippen LogP contribution in [-0.2, 0) is 11.2 Å². The first kappa shape index (κ1) is 21.3. The number of nitrogens with zero attached hydrogens (tertiary/aromatic N) is 1. The largest absolute Gasteiger partial charge is 0.493 e. The Bertz CT molecular complexity index is 486. The van der Waals surface area contributed by atoms with Gasteiger partial charge in [-0.1, -0.05) is 0 Å². The predicted octanol–water partition coefficient (Wildman–Crippen LogP) is 1.87. The summed E-state index contributed by atoms with van der Waals surface area (Å²) in [5, 5.41) is 0. The van der Waals surface area contributed by atoms with Crippen LogP contribution in [0.4, 0.5) is 0 Å². The molecule has 0 aliphatic heterocycles. The Balaban J connectivity index is 0.00000484. The lowest BCUT2D eigenvalue weighted by molar-refractivity contribution is -0.131. The van der Waals surface area contributed by atoms with Crippen molar-refractivity contribution in [2.45, 2.75) is 25.8 Å². The van der Waals surface area contributed by atoms with Crippen molar-refractivity contribution in [3.8, 4) is 17.2 Å². The lowest BCUT2D eigenvalue weighted by Crippen LogP contribution is -2.39. The molecule has 132 valence electrons. The quantitative estimate of drug-likeness (QED) is 0.777. The molecule has 0 saturated carbocycles. The van der Waals surface area contributed by atoms with E-state index in [1.807, 2.05) is 19.1 Å². The Morgan fingerprint density at radius 3 is 2.09 bits per heavy atom. The van der Waals surface area contributed by atoms with Crippen LogP contribution in [0, 0.1) is 0 Å². The fourth-order valence-corrected chi connectivity index (χ4v) is 2.11. The van der Waals surface area contributed by atoms with Gasteiger partial charge in [-0.05, 0) is 31.0 Å². The molecule has 1 rings (SSSR count). The minimum Gasteiger partial charge on any atom is -0.493 e. The topological polar surface area (TPSA) is 74.0 Å². The first-order chi connectivity index (χ1) is 10.5. The molecule has 2 N–H and O–H groups in total. The SMILES string of the molecule is COc1cc(CCC(=O)N(C)C(C)CN)cc(OC)c1OC.Cl. The second-order valence-electron chi connectivity index (χ2n) is 5.12. The number of aryl methyl sites for hydroxylation is 1. The van der Waals surface area contributed by atoms with Gasteiger partial charge >= 0.3 is 0 Å². The second kappa shape index (κ2) is 10.2. The summed E-state index contributed by atoms with van der Waals surface area (Å²) < 4.78 is 15.9. The molecule has 0 fully saturated rings. The van der Waals surface area contributed by atoms with Crippen molar-refractivity contribution in [1.29, 1.82) is 0 Å². The molecule has 1 amide bonds. The van der Waals surface area contributed by atoms with Gasteiger partial charge in [0.2, 0.25) is 11.7 Å². The van der Waals surface area contributed by atoms with E-state index in [0.717, 1.165) is 5.56 Å². The summed E-state index contributed by atoms with van der Waals surface area (Å²) in [5.41, 5.74) is 6.54. The number of methoxy groups -OCH3 is 3. The molecule has 7 heteroatoms. The number of ether oxygens (including phenoxy) is 3. The van der Waals surface area contributed by atoms with Crippen LogP contribution in [0.15, 0.2) is 12.1 Å². The van der Waals surface area contributed by atoms with Crippen LogP contribution >= 0.6 is 12.4 Å². The highest BCUT2D eigenvalue weighted by atomic mass is 35.5. The smallest absolute Gasteiger partial charge is 0.222 e. The normalized spacial score (nSPS) is 11.2. The molecule has 0 aliphatic carbocycles. The van der Waals surface area contributed by atoms with Gasteiger partial charge in [-0.15, -0.1) is 12.4 Å². The standard InChI is InChI=1S/C16H26N2O4.ClH/c1-11(10-17)18(2)15(19)7-6-12-8-13(20-3)16(22-5)14(9-12)21-4;/h8-9,11H,6-7,10,17H2,1-5H3;1H. The number of hydrogen-bond acceptors (Lipinski definition) is 5. The number of nitrogens with two attached hydrogens (primary N) is 1. The molecule has 0 aromatic heterocycles. The van der Waals surface area contributed by atoms with Crippen LogP contribution in [-0.4, -0.2) is 51.8 Å². The molecule has 1 aromatic carbocycles. The van der Waals surface area contributed by atoms with E-state index < -0.39 is 0 Å². The lowest BCUT2D eigenvalue weighted by Gasteiger charge is -2.23. The monoisotopic (exact) mass is 346 g/mol. The van der Waals surface area contributed by atoms with Crippen LogP contribution in [0.25, 0.3) is 0 Å². The predicted molar refractivity (Wildman–Crippen MR) is 93.0 cm³/mol. The lowest BCUT2D eigenvalue weighted by atomic mass is 10.1. The van der Waals surface area contributed by atoms with Crippen LogP contribution in [0.2, 0.25) is 0 Å². The molecule has 23 heavy (non-hydrogen) atoms. The minimum atomic E-state index is 0. The number of halogens is 1. The van der Waals surface area contributed by atoms with Gasteiger partial charge in [0, 0.05) is 26.1 Å². The third-order valence-corrected chi connectivity index (χ3v) is 3.75. The molecule has 0 radical (unpaired) electrons. The minimum absolute atomic E-state index is 0. The summed E-state index contributed by atoms with van der Waals surface area (Å²) in [4.78, 5) is 13.8. The summed E-state index contributed by atoms with van der Waals surface area (Å²) in [6.45, 7) is 2.38. The molecule has 0 saturated heterocycles. The van der Waals surface area contributed by atoms with Crippen molar-refractivity contribution in [3.05, 3.63) is 17.7 Å². The highest BCUT2D eigenvalue weighted by molar-refractivity contribution is 5.85. The molecule has 0 spiro atoms. The van der Waals surface area contributed by atoms with Gasteiger partial charge in [-0.25, -0.2) is 0 Å². The number of benzene rings is 1. The van der Waals surface area contributed by atoms with E-state index >= 15 is 0 Å². The average molecular weight is 347 g/mol. The molecule has 0 aliphatic rings. The summed E-state index contributed by atoms with van der Waals surface area (Å²) in [5.74, 6) is 1.79. The summed E-state index contributed by atoms with van der Waals surface area (Å²) >= 11 is 0. The number of amides is 1. The van der Waals surface area contributed by atoms with E-state index in [4.69, 9.17) is 19.9 Å². The maximum absolute atomic E-state index is 12.1. The van der Waals surface area contributed by atoms with Gasteiger partial charge in [0.25, 0.3) is 0 Å². The zero-order valence-corrected chi connectivity index (χ0v) is 15.2. The van der Waals surface area contributed by atoms with Crippen LogP contribution in [0.3, 0.4) is 0 Å². The van der Waals surface area contributed by atoms with Crippen molar-refractivity contribution in [2.24, 2.45) is 5.73 Å². The van der Waals surface area contributed by atoms with Crippen molar-refractivity contribution in [3.63, 3.8) is 0 Å². The van der Waals surface area contributed by atoms with E-state index in [2.05, 4.69) is 0 Å². The number of carbonyl (C=O) groups excluding carboxylic acids is 1. The fourth-order valence-electron chi connectivity index (χ4n) is 2.11. The van der Waals surface area contributed by atoms with E-state index in [1.54, 1.807) is 33.3 Å². The van der Waals surface area contributed by atoms with Gasteiger partial charge in [0.15, 0.2) is 11.5 Å². The molecular weight excluding hydrogens is 320 g/mol. The van der Waals surface area contributed by atoms with E-state index in [-0.39, 0.29) is 24.4 Å². The molecule has 1 atom stereocenters. The zero-order chi connectivity index (χ0) is 16.7. The van der Waals surface area contributed by atoms with E-state index in [0.29, 0.717) is 36.6 Å². The zero-order valence-electron chi connectivity index (χ0n) is 14.4. The van der Waals surface area contributed by atoms with Crippen LogP contribution < -0.4 is 19.9 Å².